The molecular weight excluding hydrogens is 2010 g/mol. The summed E-state index contributed by atoms with van der Waals surface area (Å²) >= 11 is 12.2. The van der Waals surface area contributed by atoms with Crippen molar-refractivity contribution in [1.29, 1.82) is 0 Å². The minimum absolute atomic E-state index is 0.00888. The third-order valence-corrected chi connectivity index (χ3v) is 35.7. The van der Waals surface area contributed by atoms with E-state index in [0.29, 0.717) is 170 Å². The van der Waals surface area contributed by atoms with Crippen molar-refractivity contribution in [2.24, 2.45) is 47.3 Å². The number of likely N-dealkylation sites (tertiary alicyclic amines) is 8. The van der Waals surface area contributed by atoms with Crippen LogP contribution in [-0.2, 0) is 92.6 Å². The van der Waals surface area contributed by atoms with E-state index in [-0.39, 0.29) is 116 Å². The van der Waals surface area contributed by atoms with Gasteiger partial charge in [-0.15, -0.1) is 47.0 Å². The maximum atomic E-state index is 13.0. The van der Waals surface area contributed by atoms with Crippen molar-refractivity contribution in [3.05, 3.63) is 147 Å². The van der Waals surface area contributed by atoms with E-state index < -0.39 is 0 Å². The third kappa shape index (κ3) is 33.7. The van der Waals surface area contributed by atoms with Crippen LogP contribution in [0, 0.1) is 47.3 Å². The molecule has 8 aromatic heterocycles. The SMILES string of the molecule is C=CC(=O)N1CCC(C(=O)N2CCC(C(=O)Nc3ncc(SCc4ncc(C(C)(C)C)o4)s3)CC2)CC1.C=CC(=O)N1CCC(CN2CCC(C(=O)Nc3ncc(SCc4ncc(C(C)(C)C)o4)s3)CC2)CC1.C=CC(=O)N1CCCC(C(=O)N2CCC(C(=O)Nc3ncc(SCc4ncc(C(C)(C)C)o4)s3)CC2)C1.C=CC(=O)N1CCCC(CN2CCC(C(=O)Nc3ncc(SCc4ncc(C(C)(C)C)o4)s3)CC2)C1. The Labute approximate surface area is 890 Å². The maximum Gasteiger partial charge on any atom is 0.245 e. The number of nitrogens with one attached hydrogen (secondary N) is 4. The third-order valence-electron chi connectivity index (χ3n) is 27.4. The fourth-order valence-corrected chi connectivity index (χ4v) is 25.4. The number of carbonyl (C=O) groups is 10. The normalized spacial score (nSPS) is 18.7. The lowest BCUT2D eigenvalue weighted by atomic mass is 9.91. The number of amides is 10. The van der Waals surface area contributed by atoms with Crippen LogP contribution in [0.1, 0.15) is 232 Å². The first kappa shape index (κ1) is 113. The van der Waals surface area contributed by atoms with Crippen LogP contribution in [0.15, 0.2) is 135 Å². The lowest BCUT2D eigenvalue weighted by molar-refractivity contribution is -0.142. The topological polar surface area (TPSA) is 400 Å². The van der Waals surface area contributed by atoms with Gasteiger partial charge in [0, 0.05) is 143 Å². The molecule has 0 bridgehead atoms. The van der Waals surface area contributed by atoms with Gasteiger partial charge in [0.25, 0.3) is 0 Å². The predicted octanol–water partition coefficient (Wildman–Crippen LogP) is 18.2. The second-order valence-electron chi connectivity index (χ2n) is 42.5. The van der Waals surface area contributed by atoms with E-state index in [1.54, 1.807) is 106 Å². The molecule has 0 saturated carbocycles. The monoisotopic (exact) mass is 2150 g/mol. The van der Waals surface area contributed by atoms with Crippen LogP contribution in [-0.4, -0.2) is 256 Å². The Morgan fingerprint density at radius 2 is 0.568 bits per heavy atom. The highest BCUT2D eigenvalue weighted by Gasteiger charge is 2.39. The van der Waals surface area contributed by atoms with E-state index in [1.165, 1.54) is 69.7 Å². The molecule has 10 amide bonds. The van der Waals surface area contributed by atoms with E-state index >= 15 is 0 Å². The number of hydrogen-bond donors (Lipinski definition) is 4. The summed E-state index contributed by atoms with van der Waals surface area (Å²) in [4.78, 5) is 176. The predicted molar refractivity (Wildman–Crippen MR) is 577 cm³/mol. The summed E-state index contributed by atoms with van der Waals surface area (Å²) in [6.07, 6.45) is 32.9. The summed E-state index contributed by atoms with van der Waals surface area (Å²) < 4.78 is 27.4. The molecule has 8 aliphatic rings. The minimum Gasteiger partial charge on any atom is -0.444 e. The number of carbonyl (C=O) groups excluding carboxylic acids is 10. The molecular formula is C104H144N20O14S8. The van der Waals surface area contributed by atoms with Crippen LogP contribution in [0.5, 0.6) is 0 Å². The smallest absolute Gasteiger partial charge is 0.245 e. The van der Waals surface area contributed by atoms with Gasteiger partial charge in [-0.1, -0.05) is 155 Å². The quantitative estimate of drug-likeness (QED) is 0.0240. The number of aromatic nitrogens is 8. The molecule has 0 aromatic carbocycles. The van der Waals surface area contributed by atoms with Crippen molar-refractivity contribution in [3.8, 4) is 0 Å². The van der Waals surface area contributed by atoms with E-state index in [0.717, 1.165) is 170 Å². The Balaban J connectivity index is 0.000000163. The molecule has 4 N–H and O–H groups in total. The van der Waals surface area contributed by atoms with Gasteiger partial charge in [0.1, 0.15) is 23.0 Å². The molecule has 8 aliphatic heterocycles. The van der Waals surface area contributed by atoms with Gasteiger partial charge < -0.3 is 78.1 Å². The highest BCUT2D eigenvalue weighted by atomic mass is 32.2. The molecule has 0 radical (unpaired) electrons. The van der Waals surface area contributed by atoms with E-state index in [9.17, 15) is 47.9 Å². The average molecular weight is 2150 g/mol. The number of nitrogens with zero attached hydrogens (tertiary/aromatic N) is 16. The summed E-state index contributed by atoms with van der Waals surface area (Å²) in [5, 5.41) is 14.4. The molecule has 0 spiro atoms. The van der Waals surface area contributed by atoms with Gasteiger partial charge in [-0.25, -0.2) is 39.9 Å². The molecule has 792 valence electrons. The molecule has 34 nitrogen and oxygen atoms in total. The van der Waals surface area contributed by atoms with E-state index in [2.05, 4.69) is 180 Å². The molecule has 0 aliphatic carbocycles. The van der Waals surface area contributed by atoms with Gasteiger partial charge in [0.15, 0.2) is 20.5 Å². The van der Waals surface area contributed by atoms with Crippen molar-refractivity contribution < 1.29 is 65.6 Å². The number of anilines is 4. The minimum atomic E-state index is -0.175. The largest absolute Gasteiger partial charge is 0.444 e. The average Bonchev–Trinajstić information content (AvgIpc) is 1.58. The Morgan fingerprint density at radius 1 is 0.308 bits per heavy atom. The second-order valence-corrected chi connectivity index (χ2v) is 51.7. The molecule has 8 saturated heterocycles. The molecule has 2 atom stereocenters. The molecule has 16 rings (SSSR count). The summed E-state index contributed by atoms with van der Waals surface area (Å²) in [5.41, 5.74) is -0.272. The highest BCUT2D eigenvalue weighted by Crippen LogP contribution is 2.40. The van der Waals surface area contributed by atoms with Gasteiger partial charge in [-0.05, 0) is 165 Å². The van der Waals surface area contributed by atoms with Crippen molar-refractivity contribution >= 4 is 172 Å². The summed E-state index contributed by atoms with van der Waals surface area (Å²) in [6, 6.07) is 0. The Kier molecular flexibility index (Phi) is 41.3. The van der Waals surface area contributed by atoms with E-state index in [4.69, 9.17) is 17.7 Å². The zero-order chi connectivity index (χ0) is 105. The van der Waals surface area contributed by atoms with Gasteiger partial charge in [0.2, 0.25) is 82.6 Å². The van der Waals surface area contributed by atoms with Crippen molar-refractivity contribution in [3.63, 3.8) is 0 Å². The number of piperidine rings is 8. The molecule has 8 fully saturated rings. The van der Waals surface area contributed by atoms with Gasteiger partial charge in [-0.2, -0.15) is 0 Å². The number of hydrogen-bond acceptors (Lipinski definition) is 32. The highest BCUT2D eigenvalue weighted by molar-refractivity contribution is 8.01. The number of rotatable bonds is 30. The molecule has 42 heteroatoms. The Bertz CT molecular complexity index is 5720. The first-order chi connectivity index (χ1) is 69.7. The Hall–Kier alpha value is -9.66. The first-order valence-electron chi connectivity index (χ1n) is 50.8. The van der Waals surface area contributed by atoms with Gasteiger partial charge >= 0.3 is 0 Å². The number of oxazole rings is 4. The number of thiazole rings is 4. The molecule has 146 heavy (non-hydrogen) atoms. The van der Waals surface area contributed by atoms with Crippen LogP contribution in [0.4, 0.5) is 20.5 Å². The van der Waals surface area contributed by atoms with Crippen LogP contribution < -0.4 is 21.3 Å². The number of thioether (sulfide) groups is 4. The van der Waals surface area contributed by atoms with Crippen molar-refractivity contribution in [2.45, 2.75) is 247 Å². The van der Waals surface area contributed by atoms with E-state index in [1.807, 2.05) is 19.6 Å². The fourth-order valence-electron chi connectivity index (χ4n) is 18.5. The summed E-state index contributed by atoms with van der Waals surface area (Å²) in [5.74, 6) is 9.43. The summed E-state index contributed by atoms with van der Waals surface area (Å²) in [6.45, 7) is 53.0. The maximum absolute atomic E-state index is 13.0. The molecule has 16 heterocycles. The van der Waals surface area contributed by atoms with Crippen LogP contribution in [0.25, 0.3) is 0 Å². The zero-order valence-electron chi connectivity index (χ0n) is 86.4. The first-order valence-corrected chi connectivity index (χ1v) is 58.0. The summed E-state index contributed by atoms with van der Waals surface area (Å²) in [7, 11) is 0. The van der Waals surface area contributed by atoms with Crippen LogP contribution in [0.2, 0.25) is 0 Å². The molecule has 2 unspecified atom stereocenters. The van der Waals surface area contributed by atoms with Crippen LogP contribution >= 0.6 is 92.4 Å². The zero-order valence-corrected chi connectivity index (χ0v) is 92.9. The molecule has 8 aromatic rings. The Morgan fingerprint density at radius 3 is 0.870 bits per heavy atom. The van der Waals surface area contributed by atoms with Gasteiger partial charge in [0.05, 0.1) is 95.3 Å². The lowest BCUT2D eigenvalue weighted by Crippen LogP contribution is -2.49. The van der Waals surface area contributed by atoms with Crippen molar-refractivity contribution in [1.82, 2.24) is 79.1 Å². The van der Waals surface area contributed by atoms with Crippen LogP contribution in [0.3, 0.4) is 0 Å². The second kappa shape index (κ2) is 53.2. The standard InChI is InChI=1S/2C26H35N5O4S2.2C26H37N5O3S2/c1-5-21(32)30-10-8-18(9-11-30)24(34)31-12-6-17(7-13-31)23(33)29-25-28-15-22(37-25)36-16-20-27-14-19(35-20)26(2,3)4;1-5-21(32)31-10-6-7-18(15-31)24(34)30-11-8-17(9-12-30)23(33)29-25-28-14-22(37-25)36-16-20-27-13-19(35-20)26(2,3)4;1-5-22(32)31-12-6-18(7-13-31)16-30-10-8-19(9-11-30)24(33)29-25-28-15-23(36-25)35-17-21-27-14-20(34-21)26(2,3)4;1-5-22(32)31-10-6-7-18(16-31)15-30-11-8-19(9-12-30)24(33)29-25-28-14-23(36-25)35-17-21-27-13-20(34-21)26(2,3)4/h5,14-15,17-18H,1,6-13,16H2,2-4H3,(H,28,29,33);5,13-14,17-18H,1,6-12,15-16H2,2-4H3,(H,28,29,33);5,14-15,18-19H,1,6-13,16-17H2,2-4H3,(H,28,29,33);5,13-14,18-19H,1,6-12,15-17H2,2-4H3,(H,28,29,33). The fraction of sp³-hybridized carbons (Fsp3) is 0.596. The van der Waals surface area contributed by atoms with Gasteiger partial charge in [-0.3, -0.25) is 47.9 Å². The van der Waals surface area contributed by atoms with Crippen molar-refractivity contribution in [2.75, 3.05) is 139 Å². The lowest BCUT2D eigenvalue weighted by Gasteiger charge is -2.37.